The summed E-state index contributed by atoms with van der Waals surface area (Å²) >= 11 is 0. The van der Waals surface area contributed by atoms with E-state index in [1.54, 1.807) is 23.1 Å². The van der Waals surface area contributed by atoms with Crippen molar-refractivity contribution >= 4 is 11.6 Å². The number of benzene rings is 2. The van der Waals surface area contributed by atoms with Crippen molar-refractivity contribution in [2.75, 3.05) is 31.6 Å². The van der Waals surface area contributed by atoms with Gasteiger partial charge in [0.15, 0.2) is 0 Å². The molecule has 7 nitrogen and oxygen atoms in total. The van der Waals surface area contributed by atoms with E-state index in [2.05, 4.69) is 26.4 Å². The highest BCUT2D eigenvalue weighted by Crippen LogP contribution is 2.27. The van der Waals surface area contributed by atoms with Gasteiger partial charge < -0.3 is 14.8 Å². The van der Waals surface area contributed by atoms with Crippen LogP contribution in [0.15, 0.2) is 48.8 Å². The molecule has 2 fully saturated rings. The van der Waals surface area contributed by atoms with Gasteiger partial charge in [0.25, 0.3) is 0 Å². The second kappa shape index (κ2) is 8.64. The highest BCUT2D eigenvalue weighted by atomic mass is 19.1. The highest BCUT2D eigenvalue weighted by Gasteiger charge is 2.30. The molecule has 1 N–H and O–H groups in total. The molecule has 5 rings (SSSR count). The Morgan fingerprint density at radius 1 is 1.13 bits per heavy atom. The Bertz CT molecular complexity index is 1030. The molecule has 164 valence electrons. The number of nitrogens with zero attached hydrogens (tertiary/aromatic N) is 4. The Kier molecular flexibility index (Phi) is 5.57. The monoisotopic (exact) mass is 425 g/mol. The van der Waals surface area contributed by atoms with E-state index in [4.69, 9.17) is 9.47 Å². The summed E-state index contributed by atoms with van der Waals surface area (Å²) in [6, 6.07) is 12.8. The number of anilines is 2. The van der Waals surface area contributed by atoms with Gasteiger partial charge in [-0.2, -0.15) is 4.98 Å². The van der Waals surface area contributed by atoms with Crippen LogP contribution in [0.3, 0.4) is 0 Å². The third-order valence-corrected chi connectivity index (χ3v) is 5.81. The van der Waals surface area contributed by atoms with Gasteiger partial charge >= 0.3 is 0 Å². The van der Waals surface area contributed by atoms with Crippen molar-refractivity contribution in [3.8, 4) is 11.4 Å². The van der Waals surface area contributed by atoms with Gasteiger partial charge in [-0.05, 0) is 61.7 Å². The summed E-state index contributed by atoms with van der Waals surface area (Å²) < 4.78 is 26.4. The zero-order chi connectivity index (χ0) is 21.2. The first-order valence-electron chi connectivity index (χ1n) is 10.7. The first-order valence-corrected chi connectivity index (χ1v) is 10.7. The van der Waals surface area contributed by atoms with Crippen molar-refractivity contribution < 1.29 is 15.3 Å². The van der Waals surface area contributed by atoms with Gasteiger partial charge in [-0.15, -0.1) is 5.10 Å². The smallest absolute Gasteiger partial charge is 0.246 e. The highest BCUT2D eigenvalue weighted by molar-refractivity contribution is 5.57. The summed E-state index contributed by atoms with van der Waals surface area (Å²) in [6.45, 7) is 5.88. The van der Waals surface area contributed by atoms with E-state index in [1.807, 2.05) is 19.1 Å². The molecule has 2 aliphatic rings. The van der Waals surface area contributed by atoms with E-state index >= 15 is 0 Å². The van der Waals surface area contributed by atoms with Crippen molar-refractivity contribution in [3.63, 3.8) is 0 Å². The van der Waals surface area contributed by atoms with E-state index in [0.29, 0.717) is 12.0 Å². The van der Waals surface area contributed by atoms with Gasteiger partial charge in [-0.25, -0.2) is 9.07 Å². The van der Waals surface area contributed by atoms with Crippen molar-refractivity contribution in [1.29, 1.82) is 0 Å². The molecule has 0 atom stereocenters. The molecule has 0 bridgehead atoms. The second-order valence-corrected chi connectivity index (χ2v) is 8.19. The van der Waals surface area contributed by atoms with Crippen LogP contribution in [0, 0.1) is 12.7 Å². The standard InChI is InChI=1S/C23H26FN5O2.H2/c1-16-10-18(26-23-25-15-29(27-23)19-4-2-17(24)3-5-19)12-22(11-16)31-21-6-8-28(9-7-21)20-13-30-14-20;/h2-5,10-12,15,20-21H,6-9,13-14H2,1H3,(H,26,27);1H. The number of nitrogens with one attached hydrogen (secondary N) is 1. The van der Waals surface area contributed by atoms with Crippen LogP contribution in [0.2, 0.25) is 0 Å². The van der Waals surface area contributed by atoms with Crippen LogP contribution in [-0.2, 0) is 4.74 Å². The third kappa shape index (κ3) is 4.70. The van der Waals surface area contributed by atoms with Crippen LogP contribution >= 0.6 is 0 Å². The number of aromatic nitrogens is 3. The maximum atomic E-state index is 13.1. The average Bonchev–Trinajstić information content (AvgIpc) is 3.16. The molecule has 0 amide bonds. The second-order valence-electron chi connectivity index (χ2n) is 8.19. The Labute approximate surface area is 182 Å². The van der Waals surface area contributed by atoms with Crippen LogP contribution in [0.5, 0.6) is 5.75 Å². The number of ether oxygens (including phenoxy) is 2. The van der Waals surface area contributed by atoms with Gasteiger partial charge in [0.05, 0.1) is 24.9 Å². The lowest BCUT2D eigenvalue weighted by Crippen LogP contribution is -2.52. The summed E-state index contributed by atoms with van der Waals surface area (Å²) in [6.07, 6.45) is 3.87. The normalized spacial score (nSPS) is 18.0. The topological polar surface area (TPSA) is 64.4 Å². The number of hydrogen-bond acceptors (Lipinski definition) is 6. The molecule has 0 spiro atoms. The van der Waals surface area contributed by atoms with E-state index in [0.717, 1.165) is 61.8 Å². The van der Waals surface area contributed by atoms with Crippen LogP contribution in [0.1, 0.15) is 19.8 Å². The lowest BCUT2D eigenvalue weighted by Gasteiger charge is -2.41. The van der Waals surface area contributed by atoms with Crippen LogP contribution in [0.25, 0.3) is 5.69 Å². The Morgan fingerprint density at radius 3 is 2.61 bits per heavy atom. The molecule has 2 aromatic carbocycles. The van der Waals surface area contributed by atoms with Gasteiger partial charge in [0, 0.05) is 26.3 Å². The summed E-state index contributed by atoms with van der Waals surface area (Å²) in [4.78, 5) is 6.82. The van der Waals surface area contributed by atoms with Crippen molar-refractivity contribution in [2.24, 2.45) is 0 Å². The van der Waals surface area contributed by atoms with E-state index in [-0.39, 0.29) is 13.3 Å². The third-order valence-electron chi connectivity index (χ3n) is 5.81. The Morgan fingerprint density at radius 2 is 1.90 bits per heavy atom. The first-order chi connectivity index (χ1) is 15.1. The molecule has 2 saturated heterocycles. The molecule has 0 radical (unpaired) electrons. The number of hydrogen-bond donors (Lipinski definition) is 1. The Hall–Kier alpha value is -2.97. The van der Waals surface area contributed by atoms with Crippen molar-refractivity contribution in [1.82, 2.24) is 19.7 Å². The van der Waals surface area contributed by atoms with E-state index in [1.165, 1.54) is 12.1 Å². The van der Waals surface area contributed by atoms with Crippen molar-refractivity contribution in [3.05, 3.63) is 60.2 Å². The number of aryl methyl sites for hydroxylation is 1. The van der Waals surface area contributed by atoms with Gasteiger partial charge in [0.1, 0.15) is 24.0 Å². The van der Waals surface area contributed by atoms with Gasteiger partial charge in [0.2, 0.25) is 5.95 Å². The van der Waals surface area contributed by atoms with Crippen LogP contribution in [-0.4, -0.2) is 58.1 Å². The molecule has 0 saturated carbocycles. The fraction of sp³-hybridized carbons (Fsp3) is 0.391. The first kappa shape index (κ1) is 20.0. The maximum Gasteiger partial charge on any atom is 0.246 e. The summed E-state index contributed by atoms with van der Waals surface area (Å²) in [7, 11) is 0. The summed E-state index contributed by atoms with van der Waals surface area (Å²) in [5, 5.41) is 7.68. The molecular formula is C23H28FN5O2. The zero-order valence-electron chi connectivity index (χ0n) is 17.5. The molecule has 0 unspecified atom stereocenters. The lowest BCUT2D eigenvalue weighted by atomic mass is 10.0. The minimum atomic E-state index is -0.280. The predicted octanol–water partition coefficient (Wildman–Crippen LogP) is 3.95. The molecule has 2 aliphatic heterocycles. The zero-order valence-corrected chi connectivity index (χ0v) is 17.5. The quantitative estimate of drug-likeness (QED) is 0.645. The molecule has 3 aromatic rings. The van der Waals surface area contributed by atoms with E-state index in [9.17, 15) is 4.39 Å². The van der Waals surface area contributed by atoms with Crippen molar-refractivity contribution in [2.45, 2.75) is 31.9 Å². The average molecular weight is 426 g/mol. The van der Waals surface area contributed by atoms with Gasteiger partial charge in [-0.3, -0.25) is 4.90 Å². The molecule has 8 heteroatoms. The molecule has 3 heterocycles. The number of likely N-dealkylation sites (tertiary alicyclic amines) is 1. The van der Waals surface area contributed by atoms with Crippen LogP contribution in [0.4, 0.5) is 16.0 Å². The molecule has 1 aromatic heterocycles. The van der Waals surface area contributed by atoms with E-state index < -0.39 is 0 Å². The lowest BCUT2D eigenvalue weighted by molar-refractivity contribution is -0.0778. The fourth-order valence-electron chi connectivity index (χ4n) is 4.04. The number of halogens is 1. The fourth-order valence-corrected chi connectivity index (χ4v) is 4.04. The minimum absolute atomic E-state index is 0. The molecular weight excluding hydrogens is 397 g/mol. The summed E-state index contributed by atoms with van der Waals surface area (Å²) in [5.74, 6) is 1.04. The van der Waals surface area contributed by atoms with Gasteiger partial charge in [-0.1, -0.05) is 0 Å². The SMILES string of the molecule is Cc1cc(Nc2ncn(-c3ccc(F)cc3)n2)cc(OC2CCN(C3COC3)CC2)c1.[HH]. The molecule has 31 heavy (non-hydrogen) atoms. The number of rotatable bonds is 6. The summed E-state index contributed by atoms with van der Waals surface area (Å²) in [5.41, 5.74) is 2.72. The number of piperidine rings is 1. The minimum Gasteiger partial charge on any atom is -0.490 e. The largest absolute Gasteiger partial charge is 0.490 e. The predicted molar refractivity (Wildman–Crippen MR) is 118 cm³/mol. The molecule has 0 aliphatic carbocycles. The van der Waals surface area contributed by atoms with Crippen LogP contribution < -0.4 is 10.1 Å². The Balaban J connectivity index is 0.00000245. The maximum absolute atomic E-state index is 13.1.